The lowest BCUT2D eigenvalue weighted by Gasteiger charge is -2.27. The van der Waals surface area contributed by atoms with Crippen molar-refractivity contribution >= 4 is 5.96 Å². The van der Waals surface area contributed by atoms with Gasteiger partial charge in [0.2, 0.25) is 0 Å². The van der Waals surface area contributed by atoms with E-state index in [4.69, 9.17) is 0 Å². The fourth-order valence-electron chi connectivity index (χ4n) is 3.89. The molecule has 2 aliphatic rings. The molecule has 1 aromatic heterocycles. The van der Waals surface area contributed by atoms with Gasteiger partial charge in [0, 0.05) is 45.1 Å². The SMILES string of the molecule is CCc1nc2n(n1)CC(NC(=NC)NCCN(C)C1CCCC1)CC2. The van der Waals surface area contributed by atoms with Crippen molar-refractivity contribution in [1.29, 1.82) is 0 Å². The highest BCUT2D eigenvalue weighted by Crippen LogP contribution is 2.21. The summed E-state index contributed by atoms with van der Waals surface area (Å²) in [7, 11) is 4.08. The van der Waals surface area contributed by atoms with Crippen LogP contribution in [0.4, 0.5) is 0 Å². The average Bonchev–Trinajstić information content (AvgIpc) is 3.29. The van der Waals surface area contributed by atoms with Crippen LogP contribution < -0.4 is 10.6 Å². The Hall–Kier alpha value is -1.63. The molecule has 0 saturated heterocycles. The number of nitrogens with one attached hydrogen (secondary N) is 2. The largest absolute Gasteiger partial charge is 0.355 e. The summed E-state index contributed by atoms with van der Waals surface area (Å²) >= 11 is 0. The third-order valence-corrected chi connectivity index (χ3v) is 5.49. The Morgan fingerprint density at radius 2 is 2.12 bits per heavy atom. The topological polar surface area (TPSA) is 70.4 Å². The van der Waals surface area contributed by atoms with E-state index in [1.54, 1.807) is 0 Å². The van der Waals surface area contributed by atoms with Crippen LogP contribution in [0.1, 0.15) is 50.7 Å². The van der Waals surface area contributed by atoms with Crippen LogP contribution in [0.5, 0.6) is 0 Å². The minimum absolute atomic E-state index is 0.359. The lowest BCUT2D eigenvalue weighted by molar-refractivity contribution is 0.249. The van der Waals surface area contributed by atoms with Crippen LogP contribution in [-0.2, 0) is 19.4 Å². The Labute approximate surface area is 151 Å². The van der Waals surface area contributed by atoms with Gasteiger partial charge in [-0.15, -0.1) is 0 Å². The second-order valence-corrected chi connectivity index (χ2v) is 7.28. The molecule has 7 nitrogen and oxygen atoms in total. The number of guanidine groups is 1. The van der Waals surface area contributed by atoms with Gasteiger partial charge >= 0.3 is 0 Å². The van der Waals surface area contributed by atoms with Gasteiger partial charge in [-0.2, -0.15) is 5.10 Å². The summed E-state index contributed by atoms with van der Waals surface area (Å²) in [5.41, 5.74) is 0. The van der Waals surface area contributed by atoms with Crippen LogP contribution in [-0.4, -0.2) is 64.9 Å². The number of aromatic nitrogens is 3. The van der Waals surface area contributed by atoms with E-state index < -0.39 is 0 Å². The van der Waals surface area contributed by atoms with Gasteiger partial charge in [0.25, 0.3) is 0 Å². The Bertz CT molecular complexity index is 574. The molecule has 0 spiro atoms. The van der Waals surface area contributed by atoms with E-state index in [0.717, 1.165) is 62.5 Å². The third kappa shape index (κ3) is 4.71. The first-order valence-electron chi connectivity index (χ1n) is 9.79. The monoisotopic (exact) mass is 347 g/mol. The van der Waals surface area contributed by atoms with Crippen molar-refractivity contribution in [3.8, 4) is 0 Å². The minimum atomic E-state index is 0.359. The zero-order chi connectivity index (χ0) is 17.6. The molecule has 0 amide bonds. The van der Waals surface area contributed by atoms with Gasteiger partial charge in [-0.1, -0.05) is 19.8 Å². The van der Waals surface area contributed by atoms with Crippen molar-refractivity contribution in [2.75, 3.05) is 27.2 Å². The lowest BCUT2D eigenvalue weighted by atomic mass is 10.1. The number of likely N-dealkylation sites (N-methyl/N-ethyl adjacent to an activating group) is 1. The van der Waals surface area contributed by atoms with Crippen LogP contribution in [0.15, 0.2) is 4.99 Å². The van der Waals surface area contributed by atoms with Crippen LogP contribution in [0.3, 0.4) is 0 Å². The summed E-state index contributed by atoms with van der Waals surface area (Å²) in [4.78, 5) is 11.5. The molecule has 1 fully saturated rings. The fraction of sp³-hybridized carbons (Fsp3) is 0.833. The standard InChI is InChI=1S/C18H33N7/c1-4-16-22-17-10-9-14(13-25(17)23-16)21-18(19-2)20-11-12-24(3)15-7-5-6-8-15/h14-15H,4-13H2,1-3H3,(H2,19,20,21). The molecule has 2 heterocycles. The van der Waals surface area contributed by atoms with E-state index in [1.807, 2.05) is 7.05 Å². The van der Waals surface area contributed by atoms with Crippen LogP contribution in [0.25, 0.3) is 0 Å². The van der Waals surface area contributed by atoms with Gasteiger partial charge in [0.1, 0.15) is 5.82 Å². The smallest absolute Gasteiger partial charge is 0.191 e. The molecule has 0 aromatic carbocycles. The zero-order valence-electron chi connectivity index (χ0n) is 16.0. The molecule has 140 valence electrons. The fourth-order valence-corrected chi connectivity index (χ4v) is 3.89. The van der Waals surface area contributed by atoms with Gasteiger partial charge in [-0.25, -0.2) is 9.67 Å². The molecule has 0 bridgehead atoms. The van der Waals surface area contributed by atoms with E-state index in [0.29, 0.717) is 6.04 Å². The highest BCUT2D eigenvalue weighted by molar-refractivity contribution is 5.79. The Morgan fingerprint density at radius 1 is 1.32 bits per heavy atom. The first kappa shape index (κ1) is 18.2. The predicted octanol–water partition coefficient (Wildman–Crippen LogP) is 1.19. The maximum Gasteiger partial charge on any atom is 0.191 e. The second kappa shape index (κ2) is 8.65. The highest BCUT2D eigenvalue weighted by Gasteiger charge is 2.22. The third-order valence-electron chi connectivity index (χ3n) is 5.49. The maximum atomic E-state index is 4.58. The van der Waals surface area contributed by atoms with Gasteiger partial charge in [0.15, 0.2) is 11.8 Å². The molecule has 0 radical (unpaired) electrons. The van der Waals surface area contributed by atoms with E-state index in [1.165, 1.54) is 25.7 Å². The number of fused-ring (bicyclic) bond motifs is 1. The van der Waals surface area contributed by atoms with Crippen molar-refractivity contribution in [1.82, 2.24) is 30.3 Å². The molecule has 1 saturated carbocycles. The van der Waals surface area contributed by atoms with Crippen molar-refractivity contribution < 1.29 is 0 Å². The Balaban J connectivity index is 1.43. The first-order valence-corrected chi connectivity index (χ1v) is 9.79. The summed E-state index contributed by atoms with van der Waals surface area (Å²) in [6.45, 7) is 4.95. The van der Waals surface area contributed by atoms with Crippen molar-refractivity contribution in [3.05, 3.63) is 11.6 Å². The first-order chi connectivity index (χ1) is 12.2. The highest BCUT2D eigenvalue weighted by atomic mass is 15.4. The van der Waals surface area contributed by atoms with Gasteiger partial charge in [-0.05, 0) is 26.3 Å². The number of aliphatic imine (C=N–C) groups is 1. The molecular weight excluding hydrogens is 314 g/mol. The van der Waals surface area contributed by atoms with Crippen LogP contribution in [0, 0.1) is 0 Å². The quantitative estimate of drug-likeness (QED) is 0.598. The van der Waals surface area contributed by atoms with Crippen molar-refractivity contribution in [2.24, 2.45) is 4.99 Å². The molecule has 3 rings (SSSR count). The molecule has 1 atom stereocenters. The number of hydrogen-bond acceptors (Lipinski definition) is 4. The molecule has 1 aliphatic carbocycles. The molecular formula is C18H33N7. The summed E-state index contributed by atoms with van der Waals surface area (Å²) in [6.07, 6.45) is 8.43. The van der Waals surface area contributed by atoms with Gasteiger partial charge in [-0.3, -0.25) is 4.99 Å². The predicted molar refractivity (Wildman–Crippen MR) is 101 cm³/mol. The number of hydrogen-bond donors (Lipinski definition) is 2. The summed E-state index contributed by atoms with van der Waals surface area (Å²) < 4.78 is 2.06. The van der Waals surface area contributed by atoms with Crippen molar-refractivity contribution in [2.45, 2.75) is 70.5 Å². The van der Waals surface area contributed by atoms with Gasteiger partial charge in [0.05, 0.1) is 6.54 Å². The van der Waals surface area contributed by atoms with Crippen LogP contribution >= 0.6 is 0 Å². The second-order valence-electron chi connectivity index (χ2n) is 7.28. The number of nitrogens with zero attached hydrogens (tertiary/aromatic N) is 5. The van der Waals surface area contributed by atoms with Crippen molar-refractivity contribution in [3.63, 3.8) is 0 Å². The summed E-state index contributed by atoms with van der Waals surface area (Å²) in [6, 6.07) is 1.13. The van der Waals surface area contributed by atoms with E-state index in [2.05, 4.69) is 49.3 Å². The van der Waals surface area contributed by atoms with E-state index >= 15 is 0 Å². The molecule has 7 heteroatoms. The summed E-state index contributed by atoms with van der Waals surface area (Å²) in [5, 5.41) is 11.6. The van der Waals surface area contributed by atoms with Crippen LogP contribution in [0.2, 0.25) is 0 Å². The summed E-state index contributed by atoms with van der Waals surface area (Å²) in [5.74, 6) is 2.97. The van der Waals surface area contributed by atoms with E-state index in [9.17, 15) is 0 Å². The lowest BCUT2D eigenvalue weighted by Crippen LogP contribution is -2.48. The molecule has 1 unspecified atom stereocenters. The molecule has 25 heavy (non-hydrogen) atoms. The number of aryl methyl sites for hydroxylation is 2. The molecule has 1 aliphatic heterocycles. The molecule has 2 N–H and O–H groups in total. The Morgan fingerprint density at radius 3 is 2.84 bits per heavy atom. The van der Waals surface area contributed by atoms with E-state index in [-0.39, 0.29) is 0 Å². The van der Waals surface area contributed by atoms with Gasteiger partial charge < -0.3 is 15.5 Å². The minimum Gasteiger partial charge on any atom is -0.355 e. The normalized spacial score (nSPS) is 21.6. The maximum absolute atomic E-state index is 4.58. The average molecular weight is 348 g/mol. The number of rotatable bonds is 6. The zero-order valence-corrected chi connectivity index (χ0v) is 16.0. The Kier molecular flexibility index (Phi) is 6.29. The molecule has 1 aromatic rings.